The summed E-state index contributed by atoms with van der Waals surface area (Å²) in [6.07, 6.45) is 1.77. The Morgan fingerprint density at radius 3 is 2.88 bits per heavy atom. The quantitative estimate of drug-likeness (QED) is 0.544. The predicted octanol–water partition coefficient (Wildman–Crippen LogP) is -0.489. The van der Waals surface area contributed by atoms with Crippen molar-refractivity contribution in [1.82, 2.24) is 10.1 Å². The molecule has 136 valence electrons. The third-order valence-corrected chi connectivity index (χ3v) is 4.68. The highest BCUT2D eigenvalue weighted by molar-refractivity contribution is 6.08. The minimum Gasteiger partial charge on any atom is -0.489 e. The Morgan fingerprint density at radius 2 is 2.23 bits per heavy atom. The number of rotatable bonds is 3. The van der Waals surface area contributed by atoms with E-state index in [1.54, 1.807) is 13.0 Å². The van der Waals surface area contributed by atoms with E-state index < -0.39 is 24.0 Å². The van der Waals surface area contributed by atoms with E-state index in [1.165, 1.54) is 11.0 Å². The van der Waals surface area contributed by atoms with Gasteiger partial charge in [-0.2, -0.15) is 0 Å². The van der Waals surface area contributed by atoms with E-state index in [1.807, 2.05) is 0 Å². The molecule has 2 fully saturated rings. The van der Waals surface area contributed by atoms with Gasteiger partial charge in [-0.3, -0.25) is 19.4 Å². The van der Waals surface area contributed by atoms with Gasteiger partial charge in [0.1, 0.15) is 18.4 Å². The van der Waals surface area contributed by atoms with E-state index in [0.717, 1.165) is 4.90 Å². The first-order chi connectivity index (χ1) is 12.4. The fraction of sp³-hybridized carbons (Fsp3) is 0.375. The summed E-state index contributed by atoms with van der Waals surface area (Å²) < 4.78 is 10.5. The van der Waals surface area contributed by atoms with Crippen LogP contribution in [-0.4, -0.2) is 58.2 Å². The first kappa shape index (κ1) is 16.3. The second-order valence-electron chi connectivity index (χ2n) is 6.30. The molecule has 10 nitrogen and oxygen atoms in total. The highest BCUT2D eigenvalue weighted by atomic mass is 16.5. The molecule has 0 bridgehead atoms. The van der Waals surface area contributed by atoms with Gasteiger partial charge in [-0.05, 0) is 19.4 Å². The molecule has 1 aromatic rings. The zero-order valence-corrected chi connectivity index (χ0v) is 13.8. The van der Waals surface area contributed by atoms with E-state index in [9.17, 15) is 19.5 Å². The van der Waals surface area contributed by atoms with Crippen LogP contribution in [0.2, 0.25) is 0 Å². The number of hydrogen-bond donors (Lipinski definition) is 2. The predicted molar refractivity (Wildman–Crippen MR) is 85.5 cm³/mol. The molecule has 2 amide bonds. The number of aromatic nitrogens is 1. The molecular formula is C16H16N4O6. The maximum Gasteiger partial charge on any atom is 0.356 e. The summed E-state index contributed by atoms with van der Waals surface area (Å²) in [5.74, 6) is -1.13. The van der Waals surface area contributed by atoms with E-state index >= 15 is 0 Å². The number of hydrogen-bond acceptors (Lipinski definition) is 7. The highest BCUT2D eigenvalue weighted by Crippen LogP contribution is 2.33. The van der Waals surface area contributed by atoms with Gasteiger partial charge in [0.25, 0.3) is 5.91 Å². The van der Waals surface area contributed by atoms with Gasteiger partial charge in [0.2, 0.25) is 5.91 Å². The van der Waals surface area contributed by atoms with Crippen LogP contribution in [0.15, 0.2) is 33.7 Å². The van der Waals surface area contributed by atoms with Crippen LogP contribution in [0.1, 0.15) is 12.2 Å². The van der Waals surface area contributed by atoms with Crippen molar-refractivity contribution >= 4 is 23.6 Å². The van der Waals surface area contributed by atoms with E-state index in [0.29, 0.717) is 30.1 Å². The number of aryl methyl sites for hydroxylation is 1. The lowest BCUT2D eigenvalue weighted by Gasteiger charge is -2.47. The van der Waals surface area contributed by atoms with Crippen molar-refractivity contribution in [3.63, 3.8) is 0 Å². The molecule has 0 aromatic carbocycles. The molecule has 3 aliphatic heterocycles. The molecule has 10 heteroatoms. The minimum absolute atomic E-state index is 0.0180. The average molecular weight is 360 g/mol. The number of anilines is 1. The molecule has 4 rings (SSSR count). The molecule has 3 N–H and O–H groups in total. The molecule has 1 aromatic heterocycles. The van der Waals surface area contributed by atoms with Crippen molar-refractivity contribution in [2.24, 2.45) is 5.73 Å². The highest BCUT2D eigenvalue weighted by Gasteiger charge is 2.52. The zero-order valence-electron chi connectivity index (χ0n) is 13.8. The van der Waals surface area contributed by atoms with Crippen molar-refractivity contribution in [1.29, 1.82) is 0 Å². The van der Waals surface area contributed by atoms with Crippen LogP contribution >= 0.6 is 0 Å². The summed E-state index contributed by atoms with van der Waals surface area (Å²) in [7, 11) is 0. The molecule has 2 atom stereocenters. The molecule has 2 saturated heterocycles. The number of carbonyl (C=O) groups excluding carboxylic acids is 2. The van der Waals surface area contributed by atoms with Gasteiger partial charge in [0.15, 0.2) is 17.3 Å². The largest absolute Gasteiger partial charge is 0.489 e. The van der Waals surface area contributed by atoms with Gasteiger partial charge >= 0.3 is 5.97 Å². The van der Waals surface area contributed by atoms with Gasteiger partial charge in [0.05, 0.1) is 6.04 Å². The Hall–Kier alpha value is -3.14. The second-order valence-corrected chi connectivity index (χ2v) is 6.30. The van der Waals surface area contributed by atoms with Gasteiger partial charge < -0.3 is 20.1 Å². The molecular weight excluding hydrogens is 344 g/mol. The molecule has 0 spiro atoms. The van der Waals surface area contributed by atoms with Gasteiger partial charge in [0, 0.05) is 18.2 Å². The number of aliphatic carboxylic acids is 1. The molecule has 0 saturated carbocycles. The number of nitrogens with zero attached hydrogens (tertiary/aromatic N) is 3. The number of carbonyl (C=O) groups is 3. The number of carboxylic acids is 1. The van der Waals surface area contributed by atoms with E-state index in [2.05, 4.69) is 5.16 Å². The maximum atomic E-state index is 12.6. The van der Waals surface area contributed by atoms with Crippen molar-refractivity contribution in [3.8, 4) is 0 Å². The van der Waals surface area contributed by atoms with Crippen molar-refractivity contribution in [2.75, 3.05) is 18.1 Å². The monoisotopic (exact) mass is 360 g/mol. The van der Waals surface area contributed by atoms with Crippen LogP contribution in [0.4, 0.5) is 5.82 Å². The number of amides is 2. The summed E-state index contributed by atoms with van der Waals surface area (Å²) in [4.78, 5) is 38.7. The van der Waals surface area contributed by atoms with Crippen molar-refractivity contribution < 1.29 is 28.8 Å². The summed E-state index contributed by atoms with van der Waals surface area (Å²) in [6, 6.07) is 0.382. The number of ether oxygens (including phenoxy) is 1. The first-order valence-electron chi connectivity index (χ1n) is 8.03. The first-order valence-corrected chi connectivity index (χ1v) is 8.03. The third-order valence-electron chi connectivity index (χ3n) is 4.68. The molecule has 3 aliphatic rings. The van der Waals surface area contributed by atoms with Gasteiger partial charge in [-0.25, -0.2) is 4.79 Å². The van der Waals surface area contributed by atoms with Gasteiger partial charge in [-0.1, -0.05) is 5.16 Å². The third kappa shape index (κ3) is 2.30. The minimum atomic E-state index is -1.31. The number of β-lactam (4-membered cyclic amide) rings is 1. The van der Waals surface area contributed by atoms with Crippen molar-refractivity contribution in [3.05, 3.63) is 34.9 Å². The number of fused-ring (bicyclic) bond motifs is 1. The number of carboxylic acid groups (broad SMARTS) is 1. The Morgan fingerprint density at radius 1 is 1.46 bits per heavy atom. The molecule has 26 heavy (non-hydrogen) atoms. The number of allylic oxidation sites excluding steroid dienone is 1. The standard InChI is InChI=1S/C16H16N4O6/c1-7-4-11(18-26-7)19-3-2-8(14(19)21)5-10-13(16(23)24)20-9(6-25-10)12(17)15(20)22/h4-5,9,12H,2-3,6,17H2,1H3,(H,23,24)/b8-5+/t9-,12+/m1/s1. The average Bonchev–Trinajstić information content (AvgIpc) is 3.19. The van der Waals surface area contributed by atoms with Crippen LogP contribution in [-0.2, 0) is 19.1 Å². The molecule has 0 radical (unpaired) electrons. The van der Waals surface area contributed by atoms with Crippen LogP contribution in [0, 0.1) is 6.92 Å². The smallest absolute Gasteiger partial charge is 0.356 e. The van der Waals surface area contributed by atoms with Gasteiger partial charge in [-0.15, -0.1) is 0 Å². The maximum absolute atomic E-state index is 12.6. The van der Waals surface area contributed by atoms with E-state index in [-0.39, 0.29) is 24.0 Å². The summed E-state index contributed by atoms with van der Waals surface area (Å²) >= 11 is 0. The Balaban J connectivity index is 1.65. The molecule has 0 aliphatic carbocycles. The molecule has 4 heterocycles. The van der Waals surface area contributed by atoms with E-state index in [4.69, 9.17) is 15.0 Å². The second kappa shape index (κ2) is 5.70. The fourth-order valence-corrected chi connectivity index (χ4v) is 3.31. The topological polar surface area (TPSA) is 139 Å². The summed E-state index contributed by atoms with van der Waals surface area (Å²) in [5.41, 5.74) is 5.76. The van der Waals surface area contributed by atoms with Crippen LogP contribution < -0.4 is 10.6 Å². The lowest BCUT2D eigenvalue weighted by Crippen LogP contribution is -2.71. The molecule has 0 unspecified atom stereocenters. The SMILES string of the molecule is Cc1cc(N2CC/C(=C\C3=C(C(=O)O)N4C(=O)[C@@H](N)[C@H]4CO3)C2=O)no1. The lowest BCUT2D eigenvalue weighted by molar-refractivity contribution is -0.156. The van der Waals surface area contributed by atoms with Crippen LogP contribution in [0.3, 0.4) is 0 Å². The van der Waals surface area contributed by atoms with Crippen molar-refractivity contribution in [2.45, 2.75) is 25.4 Å². The number of nitrogens with two attached hydrogens (primary N) is 1. The fourth-order valence-electron chi connectivity index (χ4n) is 3.31. The normalized spacial score (nSPS) is 26.9. The van der Waals surface area contributed by atoms with Crippen LogP contribution in [0.5, 0.6) is 0 Å². The zero-order chi connectivity index (χ0) is 18.6. The Bertz CT molecular complexity index is 885. The summed E-state index contributed by atoms with van der Waals surface area (Å²) in [6.45, 7) is 2.20. The Labute approximate surface area is 147 Å². The lowest BCUT2D eigenvalue weighted by atomic mass is 9.93. The Kier molecular flexibility index (Phi) is 3.58. The summed E-state index contributed by atoms with van der Waals surface area (Å²) in [5, 5.41) is 13.3. The van der Waals surface area contributed by atoms with Crippen LogP contribution in [0.25, 0.3) is 0 Å².